The van der Waals surface area contributed by atoms with Crippen LogP contribution in [-0.2, 0) is 67.5 Å². The van der Waals surface area contributed by atoms with Crippen LogP contribution in [0.25, 0.3) is 21.8 Å². The van der Waals surface area contributed by atoms with Crippen LogP contribution in [0.4, 0.5) is 0 Å². The third-order valence-electron chi connectivity index (χ3n) is 20.8. The molecule has 2 amide bonds. The Labute approximate surface area is 568 Å². The summed E-state index contributed by atoms with van der Waals surface area (Å²) in [5.74, 6) is 0.310. The van der Waals surface area contributed by atoms with Crippen molar-refractivity contribution in [3.05, 3.63) is 153 Å². The molecule has 2 aromatic carbocycles. The molecular formula is C76H82N12O10. The van der Waals surface area contributed by atoms with Crippen LogP contribution in [0.15, 0.2) is 85.5 Å². The van der Waals surface area contributed by atoms with Gasteiger partial charge in [0.1, 0.15) is 47.5 Å². The van der Waals surface area contributed by atoms with E-state index in [-0.39, 0.29) is 119 Å². The van der Waals surface area contributed by atoms with Gasteiger partial charge in [-0.1, -0.05) is 30.7 Å². The van der Waals surface area contributed by atoms with Crippen LogP contribution < -0.4 is 9.47 Å². The summed E-state index contributed by atoms with van der Waals surface area (Å²) in [5, 5.41) is 10.6. The molecule has 4 aliphatic heterocycles. The van der Waals surface area contributed by atoms with Crippen LogP contribution in [0.1, 0.15) is 181 Å². The lowest BCUT2D eigenvalue weighted by molar-refractivity contribution is -0.139. The van der Waals surface area contributed by atoms with Gasteiger partial charge in [-0.25, -0.2) is 19.9 Å². The van der Waals surface area contributed by atoms with E-state index in [1.165, 1.54) is 13.8 Å². The molecule has 22 nitrogen and oxygen atoms in total. The number of ether oxygens (including phenoxy) is 2. The van der Waals surface area contributed by atoms with Crippen molar-refractivity contribution >= 4 is 68.3 Å². The minimum Gasteiger partial charge on any atom is -0.424 e. The summed E-state index contributed by atoms with van der Waals surface area (Å²) in [6, 6.07) is 13.9. The van der Waals surface area contributed by atoms with Gasteiger partial charge in [-0.2, -0.15) is 10.2 Å². The predicted octanol–water partition coefficient (Wildman–Crippen LogP) is 11.3. The Morgan fingerprint density at radius 1 is 0.520 bits per heavy atom. The molecule has 506 valence electrons. The second-order valence-electron chi connectivity index (χ2n) is 28.1. The molecule has 14 rings (SSSR count). The Morgan fingerprint density at radius 2 is 0.969 bits per heavy atom. The molecule has 0 N–H and O–H groups in total. The number of ketones is 6. The smallest absolute Gasteiger partial charge is 0.321 e. The van der Waals surface area contributed by atoms with E-state index in [1.54, 1.807) is 56.1 Å². The number of aryl methyl sites for hydroxylation is 7. The number of hydrogen-bond acceptors (Lipinski definition) is 18. The van der Waals surface area contributed by atoms with Gasteiger partial charge in [0, 0.05) is 98.6 Å². The number of nitrogens with zero attached hydrogens (tertiary/aromatic N) is 12. The Hall–Kier alpha value is -9.86. The van der Waals surface area contributed by atoms with Gasteiger partial charge in [0.05, 0.1) is 47.3 Å². The maximum Gasteiger partial charge on any atom is 0.321 e. The number of aromatic nitrogens is 10. The summed E-state index contributed by atoms with van der Waals surface area (Å²) < 4.78 is 15.3. The SMILES string of the molecule is CC(=O)c1nn2c3c(cc(Oc4ncc(C)cn4)cc13)C/C=C/CCC(=O)CC[C@@]13C[C@@H](C(=O)Cc4nc(C)ccc4C)N(C(=O)C2)[C@@H]1C3.CC(=O)c1nn2c3c(cc(Oc4ncc(C)cn4)cc13)CCCCCC(=O)CC[C@@]13C[C@@H](C(=O)Cc4nc(C)ccc4C)N(C(=O)C2)[C@@H]1C3. The van der Waals surface area contributed by atoms with Gasteiger partial charge < -0.3 is 19.3 Å². The highest BCUT2D eigenvalue weighted by molar-refractivity contribution is 6.07. The second kappa shape index (κ2) is 27.2. The molecule has 10 heterocycles. The zero-order valence-electron chi connectivity index (χ0n) is 57.0. The standard InChI is InChI=1S/C38H42N6O5.C38H40N6O5/c2*1-22-19-39-37(40-20-22)49-28-14-26-8-6-5-7-9-27(46)12-13-38-17-31(32(47)16-30-23(2)10-11-24(3)41-30)44(33(38)18-38)34(48)21-43-36(26)29(15-28)35(42-43)25(4)45/h10-11,14-15,19-20,31,33H,5-9,12-13,16-18,21H2,1-4H3;5-6,10-11,14-15,19-20,31,33H,7-9,12-13,16-18,21H2,1-4H3/b;6-5+/t2*31-,33+,38-/m00/s1. The van der Waals surface area contributed by atoms with E-state index in [2.05, 4.69) is 29.9 Å². The van der Waals surface area contributed by atoms with Crippen molar-refractivity contribution in [1.29, 1.82) is 0 Å². The fraction of sp³-hybridized carbons (Fsp3) is 0.447. The average Bonchev–Trinajstić information content (AvgIpc) is 1.54. The van der Waals surface area contributed by atoms with E-state index in [9.17, 15) is 38.4 Å². The number of hydrogen-bond donors (Lipinski definition) is 0. The molecule has 6 atom stereocenters. The third kappa shape index (κ3) is 13.9. The lowest BCUT2D eigenvalue weighted by Crippen LogP contribution is -2.45. The molecule has 0 spiro atoms. The zero-order chi connectivity index (χ0) is 68.9. The molecule has 4 bridgehead atoms. The molecular weight excluding hydrogens is 1240 g/mol. The van der Waals surface area contributed by atoms with Gasteiger partial charge in [0.2, 0.25) is 11.8 Å². The van der Waals surface area contributed by atoms with Gasteiger partial charge in [0.25, 0.3) is 0 Å². The van der Waals surface area contributed by atoms with Crippen molar-refractivity contribution in [2.75, 3.05) is 0 Å². The van der Waals surface area contributed by atoms with Crippen LogP contribution in [0.3, 0.4) is 0 Å². The van der Waals surface area contributed by atoms with Crippen LogP contribution >= 0.6 is 0 Å². The molecule has 22 heteroatoms. The highest BCUT2D eigenvalue weighted by Gasteiger charge is 2.67. The van der Waals surface area contributed by atoms with E-state index >= 15 is 0 Å². The Bertz CT molecular complexity index is 4590. The third-order valence-corrected chi connectivity index (χ3v) is 20.8. The monoisotopic (exact) mass is 1320 g/mol. The van der Waals surface area contributed by atoms with E-state index in [0.29, 0.717) is 104 Å². The predicted molar refractivity (Wildman–Crippen MR) is 363 cm³/mol. The highest BCUT2D eigenvalue weighted by atomic mass is 16.5. The van der Waals surface area contributed by atoms with E-state index in [0.717, 1.165) is 88.3 Å². The van der Waals surface area contributed by atoms with Gasteiger partial charge in [-0.3, -0.25) is 57.7 Å². The summed E-state index contributed by atoms with van der Waals surface area (Å²) >= 11 is 0. The normalized spacial score (nSPS) is 22.8. The summed E-state index contributed by atoms with van der Waals surface area (Å²) in [5.41, 5.74) is 9.78. The summed E-state index contributed by atoms with van der Waals surface area (Å²) in [6.45, 7) is 14.1. The average molecular weight is 1320 g/mol. The van der Waals surface area contributed by atoms with Crippen LogP contribution in [0.2, 0.25) is 0 Å². The number of amides is 2. The molecule has 2 saturated carbocycles. The fourth-order valence-corrected chi connectivity index (χ4v) is 15.4. The van der Waals surface area contributed by atoms with Gasteiger partial charge in [-0.05, 0) is 193 Å². The van der Waals surface area contributed by atoms with Gasteiger partial charge >= 0.3 is 12.0 Å². The first-order valence-electron chi connectivity index (χ1n) is 34.3. The Morgan fingerprint density at radius 3 is 1.45 bits per heavy atom. The summed E-state index contributed by atoms with van der Waals surface area (Å²) in [4.78, 5) is 139. The van der Waals surface area contributed by atoms with Crippen molar-refractivity contribution in [2.24, 2.45) is 10.8 Å². The molecule has 98 heavy (non-hydrogen) atoms. The number of benzene rings is 2. The first-order valence-corrected chi connectivity index (χ1v) is 34.3. The number of carbonyl (C=O) groups is 8. The number of Topliss-reactive ketones (excluding diaryl/α,β-unsaturated/α-hetero) is 6. The molecule has 4 fully saturated rings. The number of rotatable bonds is 12. The van der Waals surface area contributed by atoms with Gasteiger partial charge in [0.15, 0.2) is 23.1 Å². The van der Waals surface area contributed by atoms with E-state index in [1.807, 2.05) is 90.1 Å². The van der Waals surface area contributed by atoms with Crippen molar-refractivity contribution in [3.8, 4) is 23.5 Å². The van der Waals surface area contributed by atoms with Crippen molar-refractivity contribution in [2.45, 2.75) is 208 Å². The van der Waals surface area contributed by atoms with Crippen molar-refractivity contribution in [3.63, 3.8) is 0 Å². The van der Waals surface area contributed by atoms with Crippen molar-refractivity contribution < 1.29 is 47.8 Å². The number of allylic oxidation sites excluding steroid dienone is 2. The minimum atomic E-state index is -0.622. The van der Waals surface area contributed by atoms with Crippen LogP contribution in [0, 0.1) is 52.4 Å². The first-order chi connectivity index (χ1) is 47.0. The topological polar surface area (TPSA) is 274 Å². The highest BCUT2D eigenvalue weighted by Crippen LogP contribution is 2.64. The van der Waals surface area contributed by atoms with E-state index in [4.69, 9.17) is 19.7 Å². The molecule has 6 aliphatic rings. The number of pyridine rings is 2. The van der Waals surface area contributed by atoms with Crippen LogP contribution in [-0.4, -0.2) is 130 Å². The Kier molecular flexibility index (Phi) is 18.5. The van der Waals surface area contributed by atoms with E-state index < -0.39 is 12.1 Å². The molecule has 2 saturated heterocycles. The summed E-state index contributed by atoms with van der Waals surface area (Å²) in [6.07, 6.45) is 20.9. The first kappa shape index (κ1) is 66.7. The molecule has 2 aliphatic carbocycles. The lowest BCUT2D eigenvalue weighted by Gasteiger charge is -2.27. The minimum absolute atomic E-state index is 0.0408. The quantitative estimate of drug-likeness (QED) is 0.0812. The lowest BCUT2D eigenvalue weighted by atomic mass is 9.90. The molecule has 0 radical (unpaired) electrons. The number of piperidine rings is 2. The fourth-order valence-electron chi connectivity index (χ4n) is 15.4. The molecule has 6 aromatic heterocycles. The number of carbonyl (C=O) groups excluding carboxylic acids is 8. The maximum absolute atomic E-state index is 14.4. The van der Waals surface area contributed by atoms with Crippen LogP contribution in [0.5, 0.6) is 23.5 Å². The maximum atomic E-state index is 14.4. The largest absolute Gasteiger partial charge is 0.424 e. The Balaban J connectivity index is 0.000000176. The molecule has 0 unspecified atom stereocenters. The zero-order valence-corrected chi connectivity index (χ0v) is 57.0. The van der Waals surface area contributed by atoms with Gasteiger partial charge in [-0.15, -0.1) is 0 Å². The summed E-state index contributed by atoms with van der Waals surface area (Å²) in [7, 11) is 0. The van der Waals surface area contributed by atoms with Crippen molar-refractivity contribution in [1.82, 2.24) is 59.3 Å². The second-order valence-corrected chi connectivity index (χ2v) is 28.1. The molecule has 8 aromatic rings.